The molecule has 3 aromatic rings. The number of anilines is 1. The molecule has 5 rings (SSSR count). The van der Waals surface area contributed by atoms with Crippen LogP contribution >= 0.6 is 11.3 Å². The largest absolute Gasteiger partial charge is 0.489 e. The summed E-state index contributed by atoms with van der Waals surface area (Å²) in [5.41, 5.74) is 11.6. The number of benzene rings is 2. The van der Waals surface area contributed by atoms with Crippen LogP contribution in [0.3, 0.4) is 0 Å². The summed E-state index contributed by atoms with van der Waals surface area (Å²) in [7, 11) is 4.24. The number of hydrogen-bond acceptors (Lipinski definition) is 6. The van der Waals surface area contributed by atoms with Crippen molar-refractivity contribution in [3.8, 4) is 26.8 Å². The first-order valence-corrected chi connectivity index (χ1v) is 14.0. The first kappa shape index (κ1) is 25.5. The number of hydrogen-bond donors (Lipinski definition) is 2. The molecule has 3 N–H and O–H groups in total. The standard InChI is InChI=1S/C29H37N5O2S/c1-18(2)36-26-11-8-19(16-24(26)30)28-31-17-27(37-28)23-7-5-6-22-21(23)9-10-25(22)32-29(35)34-14-12-20(13-15-34)33(3)4/h5-8,11,16-18,20,25H,9-10,12-15,30H2,1-4H3,(H,32,35)/t25-/m0/s1. The second kappa shape index (κ2) is 10.7. The monoisotopic (exact) mass is 519 g/mol. The van der Waals surface area contributed by atoms with Crippen LogP contribution in [0.5, 0.6) is 5.75 Å². The van der Waals surface area contributed by atoms with E-state index in [0.717, 1.165) is 54.2 Å². The SMILES string of the molecule is CC(C)Oc1ccc(-c2ncc(-c3cccc4c3CC[C@@H]4NC(=O)N3CCC(N(C)C)CC3)s2)cc1N. The second-order valence-electron chi connectivity index (χ2n) is 10.5. The van der Waals surface area contributed by atoms with Crippen molar-refractivity contribution in [2.24, 2.45) is 0 Å². The summed E-state index contributed by atoms with van der Waals surface area (Å²) in [6, 6.07) is 13.0. The quantitative estimate of drug-likeness (QED) is 0.416. The van der Waals surface area contributed by atoms with Crippen molar-refractivity contribution in [3.63, 3.8) is 0 Å². The summed E-state index contributed by atoms with van der Waals surface area (Å²) in [5, 5.41) is 4.25. The Morgan fingerprint density at radius 1 is 1.19 bits per heavy atom. The van der Waals surface area contributed by atoms with Crippen molar-refractivity contribution in [2.45, 2.75) is 57.7 Å². The number of nitrogens with zero attached hydrogens (tertiary/aromatic N) is 3. The van der Waals surface area contributed by atoms with Crippen molar-refractivity contribution < 1.29 is 9.53 Å². The highest BCUT2D eigenvalue weighted by molar-refractivity contribution is 7.18. The molecule has 196 valence electrons. The molecule has 1 aromatic heterocycles. The van der Waals surface area contributed by atoms with Crippen molar-refractivity contribution in [1.82, 2.24) is 20.1 Å². The molecule has 0 bridgehead atoms. The Morgan fingerprint density at radius 3 is 2.68 bits per heavy atom. The number of rotatable bonds is 6. The van der Waals surface area contributed by atoms with Gasteiger partial charge in [-0.3, -0.25) is 0 Å². The Hall–Kier alpha value is -3.10. The number of carbonyl (C=O) groups excluding carboxylic acids is 1. The van der Waals surface area contributed by atoms with Crippen LogP contribution in [0.4, 0.5) is 10.5 Å². The number of urea groups is 1. The van der Waals surface area contributed by atoms with E-state index in [1.54, 1.807) is 11.3 Å². The predicted octanol–water partition coefficient (Wildman–Crippen LogP) is 5.57. The van der Waals surface area contributed by atoms with E-state index in [2.05, 4.69) is 42.5 Å². The highest BCUT2D eigenvalue weighted by Crippen LogP contribution is 2.41. The lowest BCUT2D eigenvalue weighted by Crippen LogP contribution is -2.48. The van der Waals surface area contributed by atoms with Gasteiger partial charge in [0.15, 0.2) is 0 Å². The topological polar surface area (TPSA) is 83.7 Å². The van der Waals surface area contributed by atoms with Crippen LogP contribution in [0.25, 0.3) is 21.0 Å². The van der Waals surface area contributed by atoms with Crippen LogP contribution in [-0.4, -0.2) is 60.1 Å². The van der Waals surface area contributed by atoms with E-state index in [1.165, 1.54) is 16.7 Å². The molecule has 0 radical (unpaired) electrons. The summed E-state index contributed by atoms with van der Waals surface area (Å²) in [6.07, 6.45) is 5.94. The highest BCUT2D eigenvalue weighted by Gasteiger charge is 2.30. The third-order valence-corrected chi connectivity index (χ3v) is 8.52. The first-order chi connectivity index (χ1) is 17.8. The average Bonchev–Trinajstić information content (AvgIpc) is 3.53. The van der Waals surface area contributed by atoms with Gasteiger partial charge in [-0.1, -0.05) is 18.2 Å². The Labute approximate surface area is 223 Å². The van der Waals surface area contributed by atoms with Gasteiger partial charge in [-0.15, -0.1) is 11.3 Å². The van der Waals surface area contributed by atoms with Gasteiger partial charge in [-0.2, -0.15) is 0 Å². The number of carbonyl (C=O) groups is 1. The van der Waals surface area contributed by atoms with E-state index < -0.39 is 0 Å². The normalized spacial score (nSPS) is 17.9. The lowest BCUT2D eigenvalue weighted by molar-refractivity contribution is 0.146. The van der Waals surface area contributed by atoms with Gasteiger partial charge in [0.25, 0.3) is 0 Å². The molecule has 0 unspecified atom stereocenters. The summed E-state index contributed by atoms with van der Waals surface area (Å²) in [6.45, 7) is 5.60. The lowest BCUT2D eigenvalue weighted by atomic mass is 10.0. The molecule has 0 saturated carbocycles. The van der Waals surface area contributed by atoms with Gasteiger partial charge < -0.3 is 25.6 Å². The second-order valence-corrected chi connectivity index (χ2v) is 11.6. The van der Waals surface area contributed by atoms with Gasteiger partial charge in [-0.25, -0.2) is 9.78 Å². The summed E-state index contributed by atoms with van der Waals surface area (Å²) < 4.78 is 5.77. The Morgan fingerprint density at radius 2 is 1.97 bits per heavy atom. The van der Waals surface area contributed by atoms with Crippen LogP contribution in [0.1, 0.15) is 50.3 Å². The zero-order chi connectivity index (χ0) is 26.1. The number of thiazole rings is 1. The van der Waals surface area contributed by atoms with Gasteiger partial charge >= 0.3 is 6.03 Å². The fourth-order valence-electron chi connectivity index (χ4n) is 5.44. The minimum Gasteiger partial charge on any atom is -0.489 e. The summed E-state index contributed by atoms with van der Waals surface area (Å²) in [4.78, 5) is 23.1. The van der Waals surface area contributed by atoms with E-state index >= 15 is 0 Å². The maximum absolute atomic E-state index is 13.0. The van der Waals surface area contributed by atoms with Crippen LogP contribution in [-0.2, 0) is 6.42 Å². The highest BCUT2D eigenvalue weighted by atomic mass is 32.1. The fourth-order valence-corrected chi connectivity index (χ4v) is 6.40. The minimum atomic E-state index is 0.0507. The Balaban J connectivity index is 1.30. The molecular weight excluding hydrogens is 482 g/mol. The molecule has 7 nitrogen and oxygen atoms in total. The van der Waals surface area contributed by atoms with Crippen molar-refractivity contribution in [2.75, 3.05) is 32.9 Å². The molecule has 1 fully saturated rings. The number of nitrogen functional groups attached to an aromatic ring is 1. The number of likely N-dealkylation sites (tertiary alicyclic amines) is 1. The van der Waals surface area contributed by atoms with Gasteiger partial charge in [-0.05, 0) is 88.5 Å². The molecule has 2 aliphatic rings. The zero-order valence-electron chi connectivity index (χ0n) is 22.2. The molecule has 2 heterocycles. The molecule has 0 spiro atoms. The summed E-state index contributed by atoms with van der Waals surface area (Å²) >= 11 is 1.67. The van der Waals surface area contributed by atoms with Crippen LogP contribution < -0.4 is 15.8 Å². The number of fused-ring (bicyclic) bond motifs is 1. The Bertz CT molecular complexity index is 1260. The zero-order valence-corrected chi connectivity index (χ0v) is 23.0. The molecule has 1 atom stereocenters. The maximum Gasteiger partial charge on any atom is 0.317 e. The summed E-state index contributed by atoms with van der Waals surface area (Å²) in [5.74, 6) is 0.701. The third-order valence-electron chi connectivity index (χ3n) is 7.44. The van der Waals surface area contributed by atoms with Crippen LogP contribution in [0.15, 0.2) is 42.6 Å². The number of ether oxygens (including phenoxy) is 1. The minimum absolute atomic E-state index is 0.0507. The molecule has 8 heteroatoms. The third kappa shape index (κ3) is 5.45. The molecule has 37 heavy (non-hydrogen) atoms. The first-order valence-electron chi connectivity index (χ1n) is 13.2. The number of aromatic nitrogens is 1. The van der Waals surface area contributed by atoms with E-state index in [-0.39, 0.29) is 18.2 Å². The van der Waals surface area contributed by atoms with Gasteiger partial charge in [0, 0.05) is 30.9 Å². The van der Waals surface area contributed by atoms with Crippen molar-refractivity contribution >= 4 is 23.1 Å². The molecule has 1 aliphatic carbocycles. The van der Waals surface area contributed by atoms with Gasteiger partial charge in [0.2, 0.25) is 0 Å². The van der Waals surface area contributed by atoms with Crippen LogP contribution in [0.2, 0.25) is 0 Å². The van der Waals surface area contributed by atoms with Crippen molar-refractivity contribution in [1.29, 1.82) is 0 Å². The molecule has 2 amide bonds. The Kier molecular flexibility index (Phi) is 7.40. The molecule has 1 aliphatic heterocycles. The molecule has 2 aromatic carbocycles. The molecular formula is C29H37N5O2S. The van der Waals surface area contributed by atoms with Crippen LogP contribution in [0, 0.1) is 0 Å². The number of nitrogens with one attached hydrogen (secondary N) is 1. The van der Waals surface area contributed by atoms with Crippen molar-refractivity contribution in [3.05, 3.63) is 53.7 Å². The van der Waals surface area contributed by atoms with E-state index in [9.17, 15) is 4.79 Å². The number of piperidine rings is 1. The fraction of sp³-hybridized carbons (Fsp3) is 0.448. The van der Waals surface area contributed by atoms with E-state index in [4.69, 9.17) is 15.5 Å². The van der Waals surface area contributed by atoms with E-state index in [1.807, 2.05) is 43.1 Å². The lowest BCUT2D eigenvalue weighted by Gasteiger charge is -2.35. The predicted molar refractivity (Wildman–Crippen MR) is 151 cm³/mol. The number of amides is 2. The number of nitrogens with two attached hydrogens (primary N) is 1. The molecule has 1 saturated heterocycles. The van der Waals surface area contributed by atoms with E-state index in [0.29, 0.717) is 17.5 Å². The average molecular weight is 520 g/mol. The van der Waals surface area contributed by atoms with Gasteiger partial charge in [0.1, 0.15) is 10.8 Å². The van der Waals surface area contributed by atoms with Gasteiger partial charge in [0.05, 0.1) is 22.7 Å². The maximum atomic E-state index is 13.0. The smallest absolute Gasteiger partial charge is 0.317 e.